The van der Waals surface area contributed by atoms with Gasteiger partial charge in [-0.25, -0.2) is 4.39 Å². The van der Waals surface area contributed by atoms with Crippen LogP contribution in [-0.2, 0) is 4.79 Å². The van der Waals surface area contributed by atoms with Crippen molar-refractivity contribution in [3.05, 3.63) is 30.1 Å². The standard InChI is InChI=1S/C11H15FN2OS/c12-9-3-1-2-4-10(9)16-8-5-11(15)14-7-6-13/h1-4H,5-8,13H2,(H,14,15). The molecule has 0 heterocycles. The summed E-state index contributed by atoms with van der Waals surface area (Å²) < 4.78 is 13.2. The monoisotopic (exact) mass is 242 g/mol. The number of carbonyl (C=O) groups is 1. The minimum absolute atomic E-state index is 0.0470. The second-order valence-corrected chi connectivity index (χ2v) is 4.30. The number of hydrogen-bond donors (Lipinski definition) is 2. The lowest BCUT2D eigenvalue weighted by atomic mass is 10.3. The van der Waals surface area contributed by atoms with Crippen LogP contribution in [-0.4, -0.2) is 24.7 Å². The van der Waals surface area contributed by atoms with Gasteiger partial charge in [0, 0.05) is 30.2 Å². The van der Waals surface area contributed by atoms with E-state index >= 15 is 0 Å². The predicted octanol–water partition coefficient (Wildman–Crippen LogP) is 1.38. The Morgan fingerprint density at radius 2 is 2.19 bits per heavy atom. The largest absolute Gasteiger partial charge is 0.355 e. The molecule has 0 radical (unpaired) electrons. The second kappa shape index (κ2) is 7.24. The van der Waals surface area contributed by atoms with E-state index in [-0.39, 0.29) is 11.7 Å². The zero-order valence-corrected chi connectivity index (χ0v) is 9.73. The van der Waals surface area contributed by atoms with Gasteiger partial charge in [-0.2, -0.15) is 0 Å². The highest BCUT2D eigenvalue weighted by molar-refractivity contribution is 7.99. The number of hydrogen-bond acceptors (Lipinski definition) is 3. The Hall–Kier alpha value is -1.07. The Balaban J connectivity index is 2.25. The highest BCUT2D eigenvalue weighted by atomic mass is 32.2. The summed E-state index contributed by atoms with van der Waals surface area (Å²) in [5.41, 5.74) is 5.25. The van der Waals surface area contributed by atoms with Gasteiger partial charge in [-0.3, -0.25) is 4.79 Å². The number of nitrogens with two attached hydrogens (primary N) is 1. The molecular formula is C11H15FN2OS. The zero-order chi connectivity index (χ0) is 11.8. The summed E-state index contributed by atoms with van der Waals surface area (Å²) in [5.74, 6) is 0.279. The van der Waals surface area contributed by atoms with E-state index in [1.165, 1.54) is 17.8 Å². The Morgan fingerprint density at radius 1 is 1.44 bits per heavy atom. The first kappa shape index (κ1) is 13.0. The van der Waals surface area contributed by atoms with E-state index in [9.17, 15) is 9.18 Å². The molecule has 0 aliphatic carbocycles. The summed E-state index contributed by atoms with van der Waals surface area (Å²) >= 11 is 1.34. The molecule has 5 heteroatoms. The zero-order valence-electron chi connectivity index (χ0n) is 8.91. The molecule has 0 aliphatic rings. The predicted molar refractivity (Wildman–Crippen MR) is 63.8 cm³/mol. The molecule has 88 valence electrons. The van der Waals surface area contributed by atoms with Crippen molar-refractivity contribution >= 4 is 17.7 Å². The summed E-state index contributed by atoms with van der Waals surface area (Å²) in [4.78, 5) is 11.8. The number of thioether (sulfide) groups is 1. The molecule has 3 N–H and O–H groups in total. The van der Waals surface area contributed by atoms with Crippen molar-refractivity contribution in [3.8, 4) is 0 Å². The SMILES string of the molecule is NCCNC(=O)CCSc1ccccc1F. The van der Waals surface area contributed by atoms with Gasteiger partial charge in [0.1, 0.15) is 5.82 Å². The van der Waals surface area contributed by atoms with Crippen LogP contribution in [0.4, 0.5) is 4.39 Å². The fraction of sp³-hybridized carbons (Fsp3) is 0.364. The van der Waals surface area contributed by atoms with Crippen molar-refractivity contribution in [1.82, 2.24) is 5.32 Å². The van der Waals surface area contributed by atoms with E-state index in [1.54, 1.807) is 18.2 Å². The molecule has 1 aromatic rings. The molecular weight excluding hydrogens is 227 g/mol. The fourth-order valence-electron chi connectivity index (χ4n) is 1.12. The molecule has 0 fully saturated rings. The second-order valence-electron chi connectivity index (χ2n) is 3.17. The molecule has 0 spiro atoms. The molecule has 0 aliphatic heterocycles. The Morgan fingerprint density at radius 3 is 2.88 bits per heavy atom. The molecule has 0 bridgehead atoms. The van der Waals surface area contributed by atoms with E-state index in [2.05, 4.69) is 5.32 Å². The van der Waals surface area contributed by atoms with Gasteiger partial charge in [0.25, 0.3) is 0 Å². The molecule has 1 rings (SSSR count). The minimum Gasteiger partial charge on any atom is -0.355 e. The van der Waals surface area contributed by atoms with E-state index in [1.807, 2.05) is 0 Å². The summed E-state index contributed by atoms with van der Waals surface area (Å²) in [6.45, 7) is 0.926. The Labute approximate surface area is 98.6 Å². The average Bonchev–Trinajstić information content (AvgIpc) is 2.29. The first-order valence-electron chi connectivity index (χ1n) is 5.08. The molecule has 0 saturated heterocycles. The topological polar surface area (TPSA) is 55.1 Å². The van der Waals surface area contributed by atoms with Gasteiger partial charge >= 0.3 is 0 Å². The molecule has 0 aromatic heterocycles. The van der Waals surface area contributed by atoms with Crippen molar-refractivity contribution < 1.29 is 9.18 Å². The number of halogens is 1. The van der Waals surface area contributed by atoms with E-state index in [0.717, 1.165) is 0 Å². The van der Waals surface area contributed by atoms with Gasteiger partial charge in [0.15, 0.2) is 0 Å². The van der Waals surface area contributed by atoms with Gasteiger partial charge in [-0.1, -0.05) is 12.1 Å². The normalized spacial score (nSPS) is 10.1. The van der Waals surface area contributed by atoms with E-state index < -0.39 is 0 Å². The van der Waals surface area contributed by atoms with Crippen LogP contribution in [0.1, 0.15) is 6.42 Å². The molecule has 0 atom stereocenters. The smallest absolute Gasteiger partial charge is 0.220 e. The van der Waals surface area contributed by atoms with Crippen molar-refractivity contribution in [2.75, 3.05) is 18.8 Å². The molecule has 3 nitrogen and oxygen atoms in total. The van der Waals surface area contributed by atoms with Crippen molar-refractivity contribution in [1.29, 1.82) is 0 Å². The van der Waals surface area contributed by atoms with Crippen molar-refractivity contribution in [2.45, 2.75) is 11.3 Å². The fourth-order valence-corrected chi connectivity index (χ4v) is 2.00. The number of carbonyl (C=O) groups excluding carboxylic acids is 1. The first-order valence-corrected chi connectivity index (χ1v) is 6.06. The minimum atomic E-state index is -0.241. The maximum atomic E-state index is 13.2. The summed E-state index contributed by atoms with van der Waals surface area (Å²) in [7, 11) is 0. The lowest BCUT2D eigenvalue weighted by Crippen LogP contribution is -2.29. The maximum absolute atomic E-state index is 13.2. The number of benzene rings is 1. The van der Waals surface area contributed by atoms with Crippen LogP contribution in [0.25, 0.3) is 0 Å². The van der Waals surface area contributed by atoms with Crippen LogP contribution >= 0.6 is 11.8 Å². The van der Waals surface area contributed by atoms with Crippen LogP contribution in [0.5, 0.6) is 0 Å². The molecule has 1 amide bonds. The van der Waals surface area contributed by atoms with Gasteiger partial charge in [0.05, 0.1) is 0 Å². The quantitative estimate of drug-likeness (QED) is 0.741. The van der Waals surface area contributed by atoms with E-state index in [0.29, 0.717) is 30.2 Å². The van der Waals surface area contributed by atoms with Gasteiger partial charge < -0.3 is 11.1 Å². The molecule has 0 unspecified atom stereocenters. The summed E-state index contributed by atoms with van der Waals surface area (Å²) in [5, 5.41) is 2.66. The molecule has 1 aromatic carbocycles. The Bertz CT molecular complexity index is 347. The molecule has 0 saturated carbocycles. The average molecular weight is 242 g/mol. The van der Waals surface area contributed by atoms with Gasteiger partial charge in [-0.15, -0.1) is 11.8 Å². The first-order chi connectivity index (χ1) is 7.74. The highest BCUT2D eigenvalue weighted by Crippen LogP contribution is 2.21. The van der Waals surface area contributed by atoms with Gasteiger partial charge in [-0.05, 0) is 12.1 Å². The summed E-state index contributed by atoms with van der Waals surface area (Å²) in [6, 6.07) is 6.54. The van der Waals surface area contributed by atoms with Crippen molar-refractivity contribution in [3.63, 3.8) is 0 Å². The van der Waals surface area contributed by atoms with Gasteiger partial charge in [0.2, 0.25) is 5.91 Å². The molecule has 16 heavy (non-hydrogen) atoms. The number of amides is 1. The lowest BCUT2D eigenvalue weighted by molar-refractivity contribution is -0.120. The van der Waals surface area contributed by atoms with Crippen LogP contribution in [0, 0.1) is 5.82 Å². The number of nitrogens with one attached hydrogen (secondary N) is 1. The maximum Gasteiger partial charge on any atom is 0.220 e. The third-order valence-corrected chi connectivity index (χ3v) is 2.94. The third-order valence-electron chi connectivity index (χ3n) is 1.89. The van der Waals surface area contributed by atoms with Crippen LogP contribution in [0.3, 0.4) is 0 Å². The van der Waals surface area contributed by atoms with Crippen molar-refractivity contribution in [2.24, 2.45) is 5.73 Å². The third kappa shape index (κ3) is 4.63. The Kier molecular flexibility index (Phi) is 5.88. The summed E-state index contributed by atoms with van der Waals surface area (Å²) in [6.07, 6.45) is 0.374. The van der Waals surface area contributed by atoms with E-state index in [4.69, 9.17) is 5.73 Å². The number of rotatable bonds is 6. The lowest BCUT2D eigenvalue weighted by Gasteiger charge is -2.04. The van der Waals surface area contributed by atoms with Crippen LogP contribution in [0.2, 0.25) is 0 Å². The van der Waals surface area contributed by atoms with Crippen LogP contribution in [0.15, 0.2) is 29.2 Å². The van der Waals surface area contributed by atoms with Crippen LogP contribution < -0.4 is 11.1 Å². The highest BCUT2D eigenvalue weighted by Gasteiger charge is 2.03.